The summed E-state index contributed by atoms with van der Waals surface area (Å²) in [5, 5.41) is 4.10. The largest absolute Gasteiger partial charge is 0.420 e. The Kier molecular flexibility index (Phi) is 4.76. The molecule has 2 aromatic heterocycles. The minimum atomic E-state index is -0.595. The molecular weight excluding hydrogens is 348 g/mol. The average Bonchev–Trinajstić information content (AvgIpc) is 3.32. The molecule has 1 aliphatic rings. The third-order valence-corrected chi connectivity index (χ3v) is 5.06. The van der Waals surface area contributed by atoms with Gasteiger partial charge < -0.3 is 9.32 Å². The molecule has 0 radical (unpaired) electrons. The number of benzene rings is 1. The highest BCUT2D eigenvalue weighted by Gasteiger charge is 2.28. The fourth-order valence-electron chi connectivity index (χ4n) is 3.51. The average molecular weight is 370 g/mol. The first-order valence-electron chi connectivity index (χ1n) is 9.07. The van der Waals surface area contributed by atoms with Crippen LogP contribution in [-0.2, 0) is 11.3 Å². The Morgan fingerprint density at radius 1 is 1.19 bits per heavy atom. The van der Waals surface area contributed by atoms with Gasteiger partial charge in [-0.2, -0.15) is 5.10 Å². The van der Waals surface area contributed by atoms with Crippen molar-refractivity contribution in [2.75, 3.05) is 32.7 Å². The molecule has 0 N–H and O–H groups in total. The molecule has 1 saturated heterocycles. The number of hydrogen-bond acceptors (Lipinski definition) is 6. The third kappa shape index (κ3) is 3.50. The first-order valence-corrected chi connectivity index (χ1v) is 9.07. The molecule has 0 saturated carbocycles. The number of rotatable bonds is 5. The Balaban J connectivity index is 1.38. The first kappa shape index (κ1) is 17.5. The standard InChI is InChI=1S/C18H22N6O3/c1-14(24-15-4-2-3-5-16(15)27-18(24)26)17(25)22-9-6-21(7-10-22)8-11-23-13-19-12-20-23/h2-5,12-14H,6-11H2,1H3/t14-/m0/s1. The summed E-state index contributed by atoms with van der Waals surface area (Å²) in [4.78, 5) is 33.2. The van der Waals surface area contributed by atoms with Crippen molar-refractivity contribution in [1.82, 2.24) is 29.1 Å². The molecule has 9 heteroatoms. The molecule has 0 spiro atoms. The minimum Gasteiger partial charge on any atom is -0.408 e. The maximum atomic E-state index is 12.9. The summed E-state index contributed by atoms with van der Waals surface area (Å²) in [6, 6.07) is 6.58. The molecule has 0 unspecified atom stereocenters. The van der Waals surface area contributed by atoms with E-state index in [4.69, 9.17) is 4.42 Å². The molecule has 4 rings (SSSR count). The second-order valence-corrected chi connectivity index (χ2v) is 6.71. The van der Waals surface area contributed by atoms with E-state index in [9.17, 15) is 9.59 Å². The van der Waals surface area contributed by atoms with Crippen molar-refractivity contribution in [3.63, 3.8) is 0 Å². The van der Waals surface area contributed by atoms with E-state index in [-0.39, 0.29) is 5.91 Å². The Hall–Kier alpha value is -2.94. The van der Waals surface area contributed by atoms with E-state index in [0.717, 1.165) is 26.2 Å². The summed E-state index contributed by atoms with van der Waals surface area (Å²) in [5.74, 6) is -0.553. The van der Waals surface area contributed by atoms with Crippen LogP contribution in [0.1, 0.15) is 13.0 Å². The van der Waals surface area contributed by atoms with Gasteiger partial charge in [-0.05, 0) is 19.1 Å². The van der Waals surface area contributed by atoms with Gasteiger partial charge in [-0.3, -0.25) is 18.9 Å². The van der Waals surface area contributed by atoms with Crippen LogP contribution in [0.5, 0.6) is 0 Å². The lowest BCUT2D eigenvalue weighted by atomic mass is 10.2. The molecule has 27 heavy (non-hydrogen) atoms. The number of carbonyl (C=O) groups excluding carboxylic acids is 1. The van der Waals surface area contributed by atoms with Gasteiger partial charge in [-0.25, -0.2) is 9.78 Å². The Bertz CT molecular complexity index is 969. The third-order valence-electron chi connectivity index (χ3n) is 5.06. The highest BCUT2D eigenvalue weighted by Crippen LogP contribution is 2.19. The Morgan fingerprint density at radius 3 is 2.70 bits per heavy atom. The molecule has 1 amide bonds. The lowest BCUT2D eigenvalue weighted by molar-refractivity contribution is -0.136. The number of amides is 1. The molecule has 1 aliphatic heterocycles. The van der Waals surface area contributed by atoms with Crippen molar-refractivity contribution in [2.45, 2.75) is 19.5 Å². The molecule has 9 nitrogen and oxygen atoms in total. The van der Waals surface area contributed by atoms with Crippen molar-refractivity contribution in [1.29, 1.82) is 0 Å². The van der Waals surface area contributed by atoms with Crippen molar-refractivity contribution in [3.05, 3.63) is 47.5 Å². The summed E-state index contributed by atoms with van der Waals surface area (Å²) in [6.45, 7) is 6.29. The molecule has 3 aromatic rings. The summed E-state index contributed by atoms with van der Waals surface area (Å²) in [5.41, 5.74) is 1.15. The lowest BCUT2D eigenvalue weighted by Crippen LogP contribution is -2.51. The van der Waals surface area contributed by atoms with Gasteiger partial charge in [0.2, 0.25) is 5.91 Å². The van der Waals surface area contributed by atoms with Gasteiger partial charge in [-0.15, -0.1) is 0 Å². The smallest absolute Gasteiger partial charge is 0.408 e. The maximum absolute atomic E-state index is 12.9. The van der Waals surface area contributed by atoms with Gasteiger partial charge in [0, 0.05) is 32.7 Å². The minimum absolute atomic E-state index is 0.0559. The highest BCUT2D eigenvalue weighted by molar-refractivity contribution is 5.83. The Morgan fingerprint density at radius 2 is 1.96 bits per heavy atom. The summed E-state index contributed by atoms with van der Waals surface area (Å²) >= 11 is 0. The molecule has 142 valence electrons. The van der Waals surface area contributed by atoms with Gasteiger partial charge >= 0.3 is 5.76 Å². The topological polar surface area (TPSA) is 89.4 Å². The molecule has 0 bridgehead atoms. The molecular formula is C18H22N6O3. The number of para-hydroxylation sites is 2. The zero-order valence-corrected chi connectivity index (χ0v) is 15.2. The number of carbonyl (C=O) groups is 1. The molecule has 1 aromatic carbocycles. The van der Waals surface area contributed by atoms with Gasteiger partial charge in [0.05, 0.1) is 12.1 Å². The van der Waals surface area contributed by atoms with Crippen LogP contribution in [0.15, 0.2) is 46.1 Å². The van der Waals surface area contributed by atoms with Crippen LogP contribution >= 0.6 is 0 Å². The molecule has 1 fully saturated rings. The second kappa shape index (κ2) is 7.36. The van der Waals surface area contributed by atoms with Crippen molar-refractivity contribution in [2.24, 2.45) is 0 Å². The number of nitrogens with zero attached hydrogens (tertiary/aromatic N) is 6. The van der Waals surface area contributed by atoms with Crippen LogP contribution in [0, 0.1) is 0 Å². The number of oxazole rings is 1. The molecule has 0 aliphatic carbocycles. The number of aromatic nitrogens is 4. The fraction of sp³-hybridized carbons (Fsp3) is 0.444. The zero-order valence-electron chi connectivity index (χ0n) is 15.2. The van der Waals surface area contributed by atoms with E-state index >= 15 is 0 Å². The van der Waals surface area contributed by atoms with Crippen molar-refractivity contribution >= 4 is 17.0 Å². The van der Waals surface area contributed by atoms with Crippen LogP contribution in [0.3, 0.4) is 0 Å². The predicted octanol–water partition coefficient (Wildman–Crippen LogP) is 0.591. The van der Waals surface area contributed by atoms with Gasteiger partial charge in [0.15, 0.2) is 5.58 Å². The van der Waals surface area contributed by atoms with E-state index in [0.29, 0.717) is 24.2 Å². The SMILES string of the molecule is C[C@@H](C(=O)N1CCN(CCn2cncn2)CC1)n1c(=O)oc2ccccc21. The lowest BCUT2D eigenvalue weighted by Gasteiger charge is -2.35. The molecule has 3 heterocycles. The zero-order chi connectivity index (χ0) is 18.8. The van der Waals surface area contributed by atoms with E-state index in [1.165, 1.54) is 10.9 Å². The van der Waals surface area contributed by atoms with Crippen LogP contribution in [0.25, 0.3) is 11.1 Å². The van der Waals surface area contributed by atoms with Crippen LogP contribution in [-0.4, -0.2) is 67.8 Å². The van der Waals surface area contributed by atoms with Crippen LogP contribution < -0.4 is 5.76 Å². The van der Waals surface area contributed by atoms with E-state index < -0.39 is 11.8 Å². The second-order valence-electron chi connectivity index (χ2n) is 6.71. The summed E-state index contributed by atoms with van der Waals surface area (Å²) in [6.07, 6.45) is 3.23. The number of piperazine rings is 1. The normalized spacial score (nSPS) is 16.7. The fourth-order valence-corrected chi connectivity index (χ4v) is 3.51. The van der Waals surface area contributed by atoms with Gasteiger partial charge in [0.25, 0.3) is 0 Å². The van der Waals surface area contributed by atoms with Crippen molar-refractivity contribution in [3.8, 4) is 0 Å². The van der Waals surface area contributed by atoms with E-state index in [1.54, 1.807) is 36.1 Å². The number of hydrogen-bond donors (Lipinski definition) is 0. The monoisotopic (exact) mass is 370 g/mol. The first-order chi connectivity index (χ1) is 13.1. The van der Waals surface area contributed by atoms with Crippen molar-refractivity contribution < 1.29 is 9.21 Å². The van der Waals surface area contributed by atoms with Crippen LogP contribution in [0.4, 0.5) is 0 Å². The van der Waals surface area contributed by atoms with Gasteiger partial charge in [0.1, 0.15) is 18.7 Å². The summed E-state index contributed by atoms with van der Waals surface area (Å²) in [7, 11) is 0. The highest BCUT2D eigenvalue weighted by atomic mass is 16.4. The van der Waals surface area contributed by atoms with Gasteiger partial charge in [-0.1, -0.05) is 12.1 Å². The van der Waals surface area contributed by atoms with E-state index in [1.807, 2.05) is 11.0 Å². The van der Waals surface area contributed by atoms with E-state index in [2.05, 4.69) is 15.0 Å². The quantitative estimate of drug-likeness (QED) is 0.653. The molecule has 1 atom stereocenters. The number of fused-ring (bicyclic) bond motifs is 1. The van der Waals surface area contributed by atoms with Crippen LogP contribution in [0.2, 0.25) is 0 Å². The predicted molar refractivity (Wildman–Crippen MR) is 98.2 cm³/mol. The maximum Gasteiger partial charge on any atom is 0.420 e. The summed E-state index contributed by atoms with van der Waals surface area (Å²) < 4.78 is 8.50. The Labute approximate surface area is 155 Å².